The van der Waals surface area contributed by atoms with Crippen LogP contribution < -0.4 is 9.47 Å². The van der Waals surface area contributed by atoms with Gasteiger partial charge in [0.2, 0.25) is 11.1 Å². The Morgan fingerprint density at radius 2 is 1.61 bits per heavy atom. The summed E-state index contributed by atoms with van der Waals surface area (Å²) in [6.45, 7) is 6.92. The molecule has 4 nitrogen and oxygen atoms in total. The molecule has 6 heteroatoms. The number of benzene rings is 2. The van der Waals surface area contributed by atoms with E-state index in [0.29, 0.717) is 30.4 Å². The van der Waals surface area contributed by atoms with E-state index in [1.54, 1.807) is 17.8 Å². The third-order valence-electron chi connectivity index (χ3n) is 2.98. The smallest absolute Gasteiger partial charge is 0.492 e. The summed E-state index contributed by atoms with van der Waals surface area (Å²) in [7, 11) is 0. The third kappa shape index (κ3) is 5.23. The van der Waals surface area contributed by atoms with Crippen LogP contribution in [0.2, 0.25) is 0 Å². The molecular formula is C17H19N2O2SZn+3. The first-order valence-electron chi connectivity index (χ1n) is 7.21. The zero-order valence-corrected chi connectivity index (χ0v) is 17.5. The molecule has 0 unspecified atom stereocenters. The molecule has 0 N–H and O–H groups in total. The zero-order chi connectivity index (χ0) is 15.9. The molecule has 0 saturated heterocycles. The van der Waals surface area contributed by atoms with Crippen LogP contribution in [0.5, 0.6) is 11.5 Å². The van der Waals surface area contributed by atoms with Crippen LogP contribution in [0.1, 0.15) is 19.4 Å². The van der Waals surface area contributed by atoms with Gasteiger partial charge in [-0.2, -0.15) is 0 Å². The van der Waals surface area contributed by atoms with Crippen LogP contribution in [0.4, 0.5) is 5.69 Å². The van der Waals surface area contributed by atoms with Gasteiger partial charge in [0.25, 0.3) is 0 Å². The van der Waals surface area contributed by atoms with Crippen molar-refractivity contribution in [2.45, 2.75) is 30.6 Å². The van der Waals surface area contributed by atoms with E-state index < -0.39 is 0 Å². The minimum atomic E-state index is 0. The van der Waals surface area contributed by atoms with Gasteiger partial charge in [-0.1, -0.05) is 29.5 Å². The monoisotopic (exact) mass is 379 g/mol. The average Bonchev–Trinajstić information content (AvgIpc) is 2.52. The summed E-state index contributed by atoms with van der Waals surface area (Å²) >= 11 is 1.59. The minimum Gasteiger partial charge on any atom is -0.492 e. The summed E-state index contributed by atoms with van der Waals surface area (Å²) in [5.74, 6) is 1.23. The van der Waals surface area contributed by atoms with Crippen LogP contribution >= 0.6 is 11.8 Å². The van der Waals surface area contributed by atoms with E-state index in [1.807, 2.05) is 19.9 Å². The number of rotatable bonds is 6. The van der Waals surface area contributed by atoms with Gasteiger partial charge in [-0.25, -0.2) is 0 Å². The summed E-state index contributed by atoms with van der Waals surface area (Å²) in [4.78, 5) is 5.32. The van der Waals surface area contributed by atoms with E-state index >= 15 is 0 Å². The summed E-state index contributed by atoms with van der Waals surface area (Å²) in [5, 5.41) is 9.13. The van der Waals surface area contributed by atoms with E-state index in [1.165, 1.54) is 5.56 Å². The van der Waals surface area contributed by atoms with Crippen molar-refractivity contribution >= 4 is 17.4 Å². The van der Waals surface area contributed by atoms with Crippen molar-refractivity contribution in [3.63, 3.8) is 0 Å². The van der Waals surface area contributed by atoms with Gasteiger partial charge in [-0.05, 0) is 32.9 Å². The first kappa shape index (κ1) is 19.5. The van der Waals surface area contributed by atoms with Crippen molar-refractivity contribution in [2.24, 2.45) is 0 Å². The van der Waals surface area contributed by atoms with E-state index in [2.05, 4.69) is 36.2 Å². The predicted octanol–water partition coefficient (Wildman–Crippen LogP) is 5.43. The second-order valence-electron chi connectivity index (χ2n) is 4.65. The van der Waals surface area contributed by atoms with Gasteiger partial charge in [0, 0.05) is 11.0 Å². The second kappa shape index (κ2) is 9.55. The fourth-order valence-corrected chi connectivity index (χ4v) is 2.87. The Hall–Kier alpha value is -1.57. The van der Waals surface area contributed by atoms with Crippen LogP contribution in [-0.4, -0.2) is 13.2 Å². The molecule has 0 aromatic heterocycles. The Bertz CT molecular complexity index is 684. The predicted molar refractivity (Wildman–Crippen MR) is 88.8 cm³/mol. The number of diazo groups is 1. The fourth-order valence-electron chi connectivity index (χ4n) is 1.96. The van der Waals surface area contributed by atoms with Crippen molar-refractivity contribution in [1.82, 2.24) is 0 Å². The van der Waals surface area contributed by atoms with Crippen molar-refractivity contribution in [3.05, 3.63) is 46.9 Å². The molecular weight excluding hydrogens is 362 g/mol. The molecule has 0 atom stereocenters. The van der Waals surface area contributed by atoms with Crippen molar-refractivity contribution in [3.8, 4) is 11.5 Å². The number of hydrogen-bond acceptors (Lipinski definition) is 4. The molecule has 2 aromatic carbocycles. The Morgan fingerprint density at radius 3 is 2.17 bits per heavy atom. The van der Waals surface area contributed by atoms with Crippen LogP contribution in [0.3, 0.4) is 0 Å². The van der Waals surface area contributed by atoms with E-state index in [9.17, 15) is 0 Å². The maximum atomic E-state index is 9.13. The van der Waals surface area contributed by atoms with Crippen molar-refractivity contribution in [2.75, 3.05) is 13.2 Å². The molecule has 2 aromatic rings. The molecule has 0 aliphatic rings. The summed E-state index contributed by atoms with van der Waals surface area (Å²) in [6.07, 6.45) is 0. The molecule has 23 heavy (non-hydrogen) atoms. The van der Waals surface area contributed by atoms with Crippen LogP contribution in [-0.2, 0) is 19.5 Å². The van der Waals surface area contributed by atoms with E-state index in [-0.39, 0.29) is 19.5 Å². The molecule has 0 aliphatic heterocycles. The molecule has 2 rings (SSSR count). The largest absolute Gasteiger partial charge is 2.00 e. The molecule has 0 saturated carbocycles. The molecule has 0 amide bonds. The fraction of sp³-hybridized carbons (Fsp3) is 0.294. The molecule has 0 fully saturated rings. The average molecular weight is 381 g/mol. The molecule has 0 heterocycles. The zero-order valence-electron chi connectivity index (χ0n) is 13.7. The van der Waals surface area contributed by atoms with Crippen molar-refractivity contribution < 1.29 is 29.0 Å². The number of nitrogens with zero attached hydrogens (tertiary/aromatic N) is 2. The van der Waals surface area contributed by atoms with Gasteiger partial charge in [0.05, 0.1) is 24.2 Å². The normalized spacial score (nSPS) is 9.65. The third-order valence-corrected chi connectivity index (χ3v) is 4.03. The summed E-state index contributed by atoms with van der Waals surface area (Å²) in [6, 6.07) is 11.8. The van der Waals surface area contributed by atoms with Crippen LogP contribution in [0, 0.1) is 12.3 Å². The second-order valence-corrected chi connectivity index (χ2v) is 5.76. The Morgan fingerprint density at radius 1 is 1.00 bits per heavy atom. The molecule has 0 bridgehead atoms. The van der Waals surface area contributed by atoms with Gasteiger partial charge < -0.3 is 9.47 Å². The number of hydrogen-bond donors (Lipinski definition) is 0. The molecule has 0 radical (unpaired) electrons. The Balaban J connectivity index is 0.00000264. The van der Waals surface area contributed by atoms with Gasteiger partial charge in [-0.15, -0.1) is 0 Å². The Labute approximate surface area is 154 Å². The van der Waals surface area contributed by atoms with E-state index in [4.69, 9.17) is 14.9 Å². The number of ether oxygens (including phenoxy) is 2. The molecule has 0 aliphatic carbocycles. The first-order valence-corrected chi connectivity index (χ1v) is 8.02. The number of aryl methyl sites for hydroxylation is 1. The topological polar surface area (TPSA) is 46.6 Å². The standard InChI is InChI=1S/C17H19N2O2S.Zn/c1-4-20-15-11-17(16(21-5-2)10-14(15)19-18)22-13-8-6-12(3)7-9-13;/h6-11H,4-5H2,1-3H3;/q+1;+2. The molecule has 0 spiro atoms. The molecule has 114 valence electrons. The first-order chi connectivity index (χ1) is 10.7. The summed E-state index contributed by atoms with van der Waals surface area (Å²) < 4.78 is 11.2. The maximum Gasteiger partial charge on any atom is 2.00 e. The van der Waals surface area contributed by atoms with E-state index in [0.717, 1.165) is 9.79 Å². The van der Waals surface area contributed by atoms with Crippen molar-refractivity contribution in [1.29, 1.82) is 5.39 Å². The minimum absolute atomic E-state index is 0. The Kier molecular flexibility index (Phi) is 8.08. The van der Waals surface area contributed by atoms with Gasteiger partial charge in [-0.3, -0.25) is 0 Å². The van der Waals surface area contributed by atoms with Crippen LogP contribution in [0.25, 0.3) is 4.98 Å². The SMILES string of the molecule is CCOc1cc(Sc2ccc(C)cc2)c(OCC)cc1[N+]#N.[Zn+2]. The maximum absolute atomic E-state index is 9.13. The van der Waals surface area contributed by atoms with Gasteiger partial charge in [0.15, 0.2) is 4.98 Å². The summed E-state index contributed by atoms with van der Waals surface area (Å²) in [5.41, 5.74) is 1.59. The van der Waals surface area contributed by atoms with Gasteiger partial charge in [0.1, 0.15) is 5.75 Å². The van der Waals surface area contributed by atoms with Gasteiger partial charge >= 0.3 is 25.2 Å². The quantitative estimate of drug-likeness (QED) is 0.495. The van der Waals surface area contributed by atoms with Crippen LogP contribution in [0.15, 0.2) is 46.2 Å².